The van der Waals surface area contributed by atoms with Gasteiger partial charge in [-0.2, -0.15) is 0 Å². The molecule has 0 saturated carbocycles. The number of hydrogen-bond acceptors (Lipinski definition) is 3. The molecule has 0 amide bonds. The van der Waals surface area contributed by atoms with Crippen molar-refractivity contribution in [3.05, 3.63) is 0 Å². The summed E-state index contributed by atoms with van der Waals surface area (Å²) in [6, 6.07) is 0. The van der Waals surface area contributed by atoms with Crippen LogP contribution in [0.3, 0.4) is 0 Å². The third-order valence-corrected chi connectivity index (χ3v) is 1.44. The Labute approximate surface area is 110 Å². The molecule has 0 atom stereocenters. The smallest absolute Gasteiger partial charge is 0.303 e. The molecule has 0 unspecified atom stereocenters. The van der Waals surface area contributed by atoms with E-state index in [0.717, 1.165) is 0 Å². The third kappa shape index (κ3) is 12.2. The number of carbonyl (C=O) groups is 1. The molecule has 15 heavy (non-hydrogen) atoms. The van der Waals surface area contributed by atoms with E-state index >= 15 is 0 Å². The summed E-state index contributed by atoms with van der Waals surface area (Å²) in [5, 5.41) is 8.52. The number of hydrogen-bond donors (Lipinski definition) is 1. The maximum absolute atomic E-state index is 10.4. The average Bonchev–Trinajstić information content (AvgIpc) is 1.97. The second kappa shape index (κ2) is 9.50. The molecule has 0 saturated heterocycles. The molecular weight excluding hydrogens is 275 g/mol. The molecule has 4 nitrogen and oxygen atoms in total. The standard InChI is InChI=1S/C10H20O4.Zr/c1-7(2)13-10(14-8(3)4)6-5-9(11)12;/h7-8,10H,5-6H2,1-4H3,(H,11,12);. The minimum atomic E-state index is -0.824. The number of carboxylic acids is 1. The van der Waals surface area contributed by atoms with Crippen LogP contribution in [0.4, 0.5) is 0 Å². The van der Waals surface area contributed by atoms with Crippen LogP contribution < -0.4 is 0 Å². The fourth-order valence-electron chi connectivity index (χ4n) is 1.02. The van der Waals surface area contributed by atoms with Gasteiger partial charge in [0.25, 0.3) is 0 Å². The van der Waals surface area contributed by atoms with Gasteiger partial charge in [0.05, 0.1) is 18.6 Å². The summed E-state index contributed by atoms with van der Waals surface area (Å²) in [7, 11) is 0. The summed E-state index contributed by atoms with van der Waals surface area (Å²) in [6.07, 6.45) is 0.154. The Hall–Kier alpha value is 0.273. The first kappa shape index (κ1) is 17.7. The Morgan fingerprint density at radius 1 is 1.13 bits per heavy atom. The molecule has 0 aliphatic heterocycles. The van der Waals surface area contributed by atoms with Crippen LogP contribution in [0.15, 0.2) is 0 Å². The Morgan fingerprint density at radius 2 is 1.53 bits per heavy atom. The molecule has 0 fully saturated rings. The Bertz CT molecular complexity index is 161. The van der Waals surface area contributed by atoms with Crippen molar-refractivity contribution < 1.29 is 45.6 Å². The molecule has 0 heterocycles. The monoisotopic (exact) mass is 294 g/mol. The van der Waals surface area contributed by atoms with Gasteiger partial charge in [-0.15, -0.1) is 0 Å². The summed E-state index contributed by atoms with van der Waals surface area (Å²) in [5.41, 5.74) is 0. The molecule has 0 aliphatic carbocycles. The molecule has 0 aromatic heterocycles. The zero-order valence-electron chi connectivity index (χ0n) is 9.82. The van der Waals surface area contributed by atoms with E-state index in [1.807, 2.05) is 27.7 Å². The first-order valence-corrected chi connectivity index (χ1v) is 4.94. The van der Waals surface area contributed by atoms with Gasteiger partial charge >= 0.3 is 5.97 Å². The van der Waals surface area contributed by atoms with Crippen LogP contribution >= 0.6 is 0 Å². The average molecular weight is 295 g/mol. The van der Waals surface area contributed by atoms with Crippen molar-refractivity contribution in [2.75, 3.05) is 0 Å². The molecule has 1 N–H and O–H groups in total. The van der Waals surface area contributed by atoms with Crippen LogP contribution in [0, 0.1) is 0 Å². The van der Waals surface area contributed by atoms with Gasteiger partial charge in [-0.3, -0.25) is 4.79 Å². The molecule has 0 aliphatic rings. The van der Waals surface area contributed by atoms with Crippen LogP contribution in [0.2, 0.25) is 0 Å². The molecule has 0 spiro atoms. The quantitative estimate of drug-likeness (QED) is 0.730. The van der Waals surface area contributed by atoms with Crippen molar-refractivity contribution in [1.82, 2.24) is 0 Å². The number of rotatable bonds is 7. The Morgan fingerprint density at radius 3 is 1.80 bits per heavy atom. The molecule has 0 bridgehead atoms. The summed E-state index contributed by atoms with van der Waals surface area (Å²) in [5.74, 6) is -0.824. The Balaban J connectivity index is 0. The number of aliphatic carboxylic acids is 1. The molecule has 0 aromatic carbocycles. The van der Waals surface area contributed by atoms with Crippen molar-refractivity contribution >= 4 is 5.97 Å². The summed E-state index contributed by atoms with van der Waals surface area (Å²) in [6.45, 7) is 7.60. The molecule has 5 heteroatoms. The van der Waals surface area contributed by atoms with Crippen molar-refractivity contribution in [1.29, 1.82) is 0 Å². The molecule has 0 aromatic rings. The van der Waals surface area contributed by atoms with Crippen molar-refractivity contribution in [2.24, 2.45) is 0 Å². The fourth-order valence-corrected chi connectivity index (χ4v) is 1.02. The van der Waals surface area contributed by atoms with Crippen LogP contribution in [-0.2, 0) is 40.5 Å². The van der Waals surface area contributed by atoms with Crippen molar-refractivity contribution in [3.63, 3.8) is 0 Å². The van der Waals surface area contributed by atoms with Crippen molar-refractivity contribution in [2.45, 2.75) is 59.0 Å². The van der Waals surface area contributed by atoms with Crippen LogP contribution in [0.5, 0.6) is 0 Å². The van der Waals surface area contributed by atoms with Crippen LogP contribution in [-0.4, -0.2) is 29.6 Å². The minimum Gasteiger partial charge on any atom is -0.481 e. The van der Waals surface area contributed by atoms with Crippen molar-refractivity contribution in [3.8, 4) is 0 Å². The maximum atomic E-state index is 10.4. The van der Waals surface area contributed by atoms with E-state index in [4.69, 9.17) is 14.6 Å². The largest absolute Gasteiger partial charge is 0.481 e. The van der Waals surface area contributed by atoms with Gasteiger partial charge in [-0.25, -0.2) is 0 Å². The normalized spacial score (nSPS) is 10.9. The van der Waals surface area contributed by atoms with E-state index in [-0.39, 0.29) is 44.8 Å². The summed E-state index contributed by atoms with van der Waals surface area (Å²) >= 11 is 0. The predicted octanol–water partition coefficient (Wildman–Crippen LogP) is 2.02. The molecule has 0 rings (SSSR count). The summed E-state index contributed by atoms with van der Waals surface area (Å²) in [4.78, 5) is 10.4. The second-order valence-corrected chi connectivity index (χ2v) is 3.73. The van der Waals surface area contributed by atoms with Crippen LogP contribution in [0.25, 0.3) is 0 Å². The molecular formula is C10H20O4Zr. The van der Waals surface area contributed by atoms with E-state index in [1.54, 1.807) is 0 Å². The van der Waals surface area contributed by atoms with Gasteiger partial charge < -0.3 is 14.6 Å². The number of ether oxygens (including phenoxy) is 2. The maximum Gasteiger partial charge on any atom is 0.303 e. The van der Waals surface area contributed by atoms with Gasteiger partial charge in [0.15, 0.2) is 6.29 Å². The first-order chi connectivity index (χ1) is 6.41. The predicted molar refractivity (Wildman–Crippen MR) is 53.1 cm³/mol. The Kier molecular flexibility index (Phi) is 11.2. The van der Waals surface area contributed by atoms with Gasteiger partial charge in [-0.1, -0.05) is 0 Å². The van der Waals surface area contributed by atoms with Gasteiger partial charge in [-0.05, 0) is 27.7 Å². The molecule has 88 valence electrons. The van der Waals surface area contributed by atoms with E-state index in [2.05, 4.69) is 0 Å². The van der Waals surface area contributed by atoms with E-state index in [1.165, 1.54) is 0 Å². The van der Waals surface area contributed by atoms with Crippen LogP contribution in [0.1, 0.15) is 40.5 Å². The summed E-state index contributed by atoms with van der Waals surface area (Å²) < 4.78 is 10.9. The first-order valence-electron chi connectivity index (χ1n) is 4.94. The van der Waals surface area contributed by atoms with Gasteiger partial charge in [0.1, 0.15) is 0 Å². The van der Waals surface area contributed by atoms with Gasteiger partial charge in [0, 0.05) is 32.6 Å². The van der Waals surface area contributed by atoms with Gasteiger partial charge in [0.2, 0.25) is 0 Å². The fraction of sp³-hybridized carbons (Fsp3) is 0.900. The number of carboxylic acid groups (broad SMARTS) is 1. The third-order valence-electron chi connectivity index (χ3n) is 1.44. The molecule has 0 radical (unpaired) electrons. The van der Waals surface area contributed by atoms with E-state index < -0.39 is 12.3 Å². The zero-order valence-corrected chi connectivity index (χ0v) is 12.3. The second-order valence-electron chi connectivity index (χ2n) is 3.73. The van der Waals surface area contributed by atoms with E-state index in [0.29, 0.717) is 6.42 Å². The van der Waals surface area contributed by atoms with E-state index in [9.17, 15) is 4.79 Å². The minimum absolute atomic E-state index is 0. The topological polar surface area (TPSA) is 55.8 Å². The zero-order chi connectivity index (χ0) is 11.1. The SMILES string of the molecule is CC(C)OC(CCC(=O)O)OC(C)C.[Zr].